The number of carbonyl (C=O) groups excluding carboxylic acids is 1. The van der Waals surface area contributed by atoms with Crippen LogP contribution in [0.2, 0.25) is 0 Å². The second-order valence-corrected chi connectivity index (χ2v) is 5.74. The maximum absolute atomic E-state index is 11.3. The Morgan fingerprint density at radius 3 is 2.21 bits per heavy atom. The summed E-state index contributed by atoms with van der Waals surface area (Å²) in [5.74, 6) is -1.83. The number of rotatable bonds is 7. The van der Waals surface area contributed by atoms with E-state index in [1.165, 1.54) is 12.1 Å². The van der Waals surface area contributed by atoms with Crippen LogP contribution in [0, 0.1) is 5.41 Å². The van der Waals surface area contributed by atoms with Crippen molar-refractivity contribution in [1.29, 1.82) is 0 Å². The van der Waals surface area contributed by atoms with Crippen LogP contribution < -0.4 is 5.32 Å². The van der Waals surface area contributed by atoms with Crippen molar-refractivity contribution < 1.29 is 35.1 Å². The molecule has 24 heavy (non-hydrogen) atoms. The molecule has 1 amide bonds. The van der Waals surface area contributed by atoms with Crippen LogP contribution in [0.25, 0.3) is 0 Å². The molecule has 136 valence electrons. The number of nitrogens with one attached hydrogen (secondary N) is 1. The molecular formula is C16H25NO7. The summed E-state index contributed by atoms with van der Waals surface area (Å²) in [6.07, 6.45) is -0.774. The van der Waals surface area contributed by atoms with Gasteiger partial charge >= 0.3 is 5.97 Å². The van der Waals surface area contributed by atoms with Gasteiger partial charge in [-0.2, -0.15) is 0 Å². The molecule has 1 rings (SSSR count). The van der Waals surface area contributed by atoms with E-state index in [1.807, 2.05) is 0 Å². The molecular weight excluding hydrogens is 318 g/mol. The molecule has 6 N–H and O–H groups in total. The lowest BCUT2D eigenvalue weighted by Gasteiger charge is -2.27. The molecule has 0 bridgehead atoms. The van der Waals surface area contributed by atoms with Gasteiger partial charge in [-0.1, -0.05) is 26.0 Å². The average molecular weight is 343 g/mol. The summed E-state index contributed by atoms with van der Waals surface area (Å²) < 4.78 is 0. The molecule has 0 saturated carbocycles. The summed E-state index contributed by atoms with van der Waals surface area (Å²) in [4.78, 5) is 21.5. The first-order valence-electron chi connectivity index (χ1n) is 7.36. The zero-order valence-electron chi connectivity index (χ0n) is 13.8. The van der Waals surface area contributed by atoms with Gasteiger partial charge in [0.05, 0.1) is 6.61 Å². The predicted molar refractivity (Wildman–Crippen MR) is 86.7 cm³/mol. The van der Waals surface area contributed by atoms with Gasteiger partial charge in [-0.3, -0.25) is 4.79 Å². The number of hydrogen-bond donors (Lipinski definition) is 6. The summed E-state index contributed by atoms with van der Waals surface area (Å²) in [7, 11) is 0. The number of carboxylic acids is 1. The van der Waals surface area contributed by atoms with Crippen molar-refractivity contribution in [2.45, 2.75) is 26.4 Å². The normalized spacial score (nSPS) is 11.9. The van der Waals surface area contributed by atoms with Crippen molar-refractivity contribution in [1.82, 2.24) is 5.32 Å². The number of aromatic carboxylic acids is 1. The molecule has 0 unspecified atom stereocenters. The van der Waals surface area contributed by atoms with E-state index in [4.69, 9.17) is 20.4 Å². The Labute approximate surface area is 140 Å². The molecule has 1 atom stereocenters. The number of benzene rings is 1. The minimum Gasteiger partial charge on any atom is -0.507 e. The van der Waals surface area contributed by atoms with Gasteiger partial charge in [0.2, 0.25) is 5.91 Å². The van der Waals surface area contributed by atoms with Crippen LogP contribution in [0.15, 0.2) is 24.3 Å². The number of aromatic hydroxyl groups is 1. The summed E-state index contributed by atoms with van der Waals surface area (Å²) >= 11 is 0. The van der Waals surface area contributed by atoms with Gasteiger partial charge in [-0.15, -0.1) is 0 Å². The van der Waals surface area contributed by atoms with Gasteiger partial charge in [0.25, 0.3) is 0 Å². The molecule has 0 aromatic heterocycles. The number of amides is 1. The third kappa shape index (κ3) is 7.40. The largest absolute Gasteiger partial charge is 0.507 e. The van der Waals surface area contributed by atoms with Crippen LogP contribution in [-0.4, -0.2) is 63.3 Å². The zero-order valence-corrected chi connectivity index (χ0v) is 13.8. The van der Waals surface area contributed by atoms with Gasteiger partial charge < -0.3 is 30.8 Å². The SMILES string of the molecule is CC(C)(CO)[C@@H](O)C(=O)NCCCO.O=C(O)c1ccccc1O. The lowest BCUT2D eigenvalue weighted by atomic mass is 9.87. The Balaban J connectivity index is 0.000000463. The molecule has 0 radical (unpaired) electrons. The molecule has 0 aliphatic heterocycles. The third-order valence-corrected chi connectivity index (χ3v) is 3.16. The Morgan fingerprint density at radius 2 is 1.79 bits per heavy atom. The van der Waals surface area contributed by atoms with E-state index >= 15 is 0 Å². The van der Waals surface area contributed by atoms with Crippen molar-refractivity contribution in [3.8, 4) is 5.75 Å². The van der Waals surface area contributed by atoms with Gasteiger partial charge in [0, 0.05) is 18.6 Å². The Bertz CT molecular complexity index is 531. The first kappa shape index (κ1) is 21.8. The second-order valence-electron chi connectivity index (χ2n) is 5.74. The fourth-order valence-electron chi connectivity index (χ4n) is 1.48. The van der Waals surface area contributed by atoms with Crippen LogP contribution in [-0.2, 0) is 4.79 Å². The zero-order chi connectivity index (χ0) is 18.8. The molecule has 1 aromatic rings. The van der Waals surface area contributed by atoms with Crippen LogP contribution in [0.3, 0.4) is 0 Å². The van der Waals surface area contributed by atoms with Crippen LogP contribution in [0.1, 0.15) is 30.6 Å². The number of aliphatic hydroxyl groups is 3. The summed E-state index contributed by atoms with van der Waals surface area (Å²) in [6.45, 7) is 3.27. The van der Waals surface area contributed by atoms with Crippen molar-refractivity contribution in [2.24, 2.45) is 5.41 Å². The highest BCUT2D eigenvalue weighted by Crippen LogP contribution is 2.19. The first-order valence-corrected chi connectivity index (χ1v) is 7.36. The molecule has 8 heteroatoms. The molecule has 0 heterocycles. The predicted octanol–water partition coefficient (Wildman–Crippen LogP) is -0.0452. The van der Waals surface area contributed by atoms with Crippen LogP contribution >= 0.6 is 0 Å². The first-order chi connectivity index (χ1) is 11.2. The third-order valence-electron chi connectivity index (χ3n) is 3.16. The molecule has 0 saturated heterocycles. The molecule has 0 aliphatic rings. The van der Waals surface area contributed by atoms with Gasteiger partial charge in [0.1, 0.15) is 17.4 Å². The Kier molecular flexibility index (Phi) is 9.63. The smallest absolute Gasteiger partial charge is 0.339 e. The minimum atomic E-state index is -1.23. The lowest BCUT2D eigenvalue weighted by molar-refractivity contribution is -0.137. The maximum Gasteiger partial charge on any atom is 0.339 e. The quantitative estimate of drug-likeness (QED) is 0.380. The van der Waals surface area contributed by atoms with E-state index in [9.17, 15) is 14.7 Å². The van der Waals surface area contributed by atoms with E-state index in [0.29, 0.717) is 13.0 Å². The van der Waals surface area contributed by atoms with Crippen molar-refractivity contribution in [2.75, 3.05) is 19.8 Å². The van der Waals surface area contributed by atoms with Crippen molar-refractivity contribution in [3.05, 3.63) is 29.8 Å². The van der Waals surface area contributed by atoms with E-state index < -0.39 is 23.4 Å². The molecule has 1 aromatic carbocycles. The Morgan fingerprint density at radius 1 is 1.21 bits per heavy atom. The number of aliphatic hydroxyl groups excluding tert-OH is 3. The standard InChI is InChI=1S/C9H19NO4.C7H6O3/c1-9(2,6-12)7(13)8(14)10-4-3-5-11;8-6-4-2-1-3-5(6)7(9)10/h7,11-13H,3-6H2,1-2H3,(H,10,14);1-4,8H,(H,9,10)/t7-;/m0./s1. The maximum atomic E-state index is 11.3. The molecule has 8 nitrogen and oxygen atoms in total. The minimum absolute atomic E-state index is 0.000230. The number of carboxylic acid groups (broad SMARTS) is 1. The van der Waals surface area contributed by atoms with E-state index in [-0.39, 0.29) is 24.5 Å². The van der Waals surface area contributed by atoms with Gasteiger partial charge in [0.15, 0.2) is 0 Å². The number of para-hydroxylation sites is 1. The van der Waals surface area contributed by atoms with Crippen LogP contribution in [0.5, 0.6) is 5.75 Å². The summed E-state index contributed by atoms with van der Waals surface area (Å²) in [5.41, 5.74) is -0.911. The van der Waals surface area contributed by atoms with E-state index in [1.54, 1.807) is 26.0 Å². The second kappa shape index (κ2) is 10.6. The highest BCUT2D eigenvalue weighted by atomic mass is 16.4. The highest BCUT2D eigenvalue weighted by Gasteiger charge is 2.32. The van der Waals surface area contributed by atoms with E-state index in [2.05, 4.69) is 5.32 Å². The number of carbonyl (C=O) groups is 2. The molecule has 0 fully saturated rings. The highest BCUT2D eigenvalue weighted by molar-refractivity contribution is 5.90. The average Bonchev–Trinajstić information content (AvgIpc) is 2.55. The van der Waals surface area contributed by atoms with E-state index in [0.717, 1.165) is 0 Å². The summed E-state index contributed by atoms with van der Waals surface area (Å²) in [5, 5.41) is 46.7. The van der Waals surface area contributed by atoms with Crippen LogP contribution in [0.4, 0.5) is 0 Å². The monoisotopic (exact) mass is 343 g/mol. The molecule has 0 aliphatic carbocycles. The van der Waals surface area contributed by atoms with Crippen molar-refractivity contribution >= 4 is 11.9 Å². The fourth-order valence-corrected chi connectivity index (χ4v) is 1.48. The lowest BCUT2D eigenvalue weighted by Crippen LogP contribution is -2.45. The number of phenols is 1. The topological polar surface area (TPSA) is 147 Å². The number of hydrogen-bond acceptors (Lipinski definition) is 6. The van der Waals surface area contributed by atoms with Gasteiger partial charge in [-0.05, 0) is 18.6 Å². The Hall–Kier alpha value is -2.16. The van der Waals surface area contributed by atoms with Gasteiger partial charge in [-0.25, -0.2) is 4.79 Å². The fraction of sp³-hybridized carbons (Fsp3) is 0.500. The molecule has 0 spiro atoms. The van der Waals surface area contributed by atoms with Crippen molar-refractivity contribution in [3.63, 3.8) is 0 Å². The summed E-state index contributed by atoms with van der Waals surface area (Å²) in [6, 6.07) is 5.81.